The summed E-state index contributed by atoms with van der Waals surface area (Å²) in [6, 6.07) is 2.38. The zero-order valence-corrected chi connectivity index (χ0v) is 10.4. The summed E-state index contributed by atoms with van der Waals surface area (Å²) in [6.45, 7) is 0. The number of nitrogens with one attached hydrogen (secondary N) is 1. The lowest BCUT2D eigenvalue weighted by Crippen LogP contribution is -2.12. The highest BCUT2D eigenvalue weighted by atomic mass is 16.6. The van der Waals surface area contributed by atoms with Crippen molar-refractivity contribution >= 4 is 17.7 Å². The van der Waals surface area contributed by atoms with E-state index in [0.29, 0.717) is 5.88 Å². The van der Waals surface area contributed by atoms with Crippen LogP contribution >= 0.6 is 0 Å². The number of carbonyl (C=O) groups excluding carboxylic acids is 1. The Morgan fingerprint density at radius 3 is 2.90 bits per heavy atom. The first-order valence-electron chi connectivity index (χ1n) is 6.18. The fraction of sp³-hybridized carbons (Fsp3) is 0.333. The third-order valence-corrected chi connectivity index (χ3v) is 3.18. The van der Waals surface area contributed by atoms with Gasteiger partial charge in [0, 0.05) is 5.56 Å². The van der Waals surface area contributed by atoms with Gasteiger partial charge >= 0.3 is 5.88 Å². The van der Waals surface area contributed by atoms with E-state index in [1.54, 1.807) is 0 Å². The third-order valence-electron chi connectivity index (χ3n) is 3.18. The van der Waals surface area contributed by atoms with Crippen molar-refractivity contribution in [2.45, 2.75) is 25.7 Å². The summed E-state index contributed by atoms with van der Waals surface area (Å²) in [6.07, 6.45) is 3.70. The maximum Gasteiger partial charge on any atom is 0.433 e. The van der Waals surface area contributed by atoms with E-state index < -0.39 is 16.7 Å². The number of fused-ring (bicyclic) bond motifs is 1. The van der Waals surface area contributed by atoms with E-state index in [0.717, 1.165) is 43.0 Å². The first-order chi connectivity index (χ1) is 9.65. The van der Waals surface area contributed by atoms with Gasteiger partial charge in [-0.3, -0.25) is 20.2 Å². The first kappa shape index (κ1) is 12.4. The molecule has 1 aliphatic carbocycles. The normalized spacial score (nSPS) is 13.8. The monoisotopic (exact) mass is 277 g/mol. The fourth-order valence-corrected chi connectivity index (χ4v) is 2.20. The van der Waals surface area contributed by atoms with Crippen LogP contribution in [0.4, 0.5) is 11.8 Å². The highest BCUT2D eigenvalue weighted by molar-refractivity contribution is 6.02. The molecule has 0 aromatic carbocycles. The molecule has 1 N–H and O–H groups in total. The highest BCUT2D eigenvalue weighted by Crippen LogP contribution is 2.28. The molecule has 0 saturated carbocycles. The Hall–Kier alpha value is -2.64. The number of hydrogen-bond acceptors (Lipinski definition) is 6. The minimum atomic E-state index is -0.701. The quantitative estimate of drug-likeness (QED) is 0.680. The number of nitro groups is 1. The average molecular weight is 277 g/mol. The molecule has 0 fully saturated rings. The van der Waals surface area contributed by atoms with Gasteiger partial charge in [0.1, 0.15) is 4.92 Å². The Balaban J connectivity index is 1.78. The molecule has 1 aliphatic rings. The van der Waals surface area contributed by atoms with Crippen molar-refractivity contribution in [2.24, 2.45) is 0 Å². The summed E-state index contributed by atoms with van der Waals surface area (Å²) < 4.78 is 9.93. The van der Waals surface area contributed by atoms with Gasteiger partial charge in [-0.1, -0.05) is 5.16 Å². The van der Waals surface area contributed by atoms with Crippen LogP contribution in [0.15, 0.2) is 21.1 Å². The minimum absolute atomic E-state index is 0.141. The molecule has 0 saturated heterocycles. The SMILES string of the molecule is O=C(Nc1onc2c1CCCC2)c1ccc([N+](=O)[O-])o1. The van der Waals surface area contributed by atoms with E-state index in [1.165, 1.54) is 6.07 Å². The predicted molar refractivity (Wildman–Crippen MR) is 66.5 cm³/mol. The summed E-state index contributed by atoms with van der Waals surface area (Å²) in [7, 11) is 0. The van der Waals surface area contributed by atoms with Gasteiger partial charge in [0.25, 0.3) is 5.91 Å². The molecule has 0 bridgehead atoms. The van der Waals surface area contributed by atoms with Crippen LogP contribution in [0.1, 0.15) is 34.7 Å². The van der Waals surface area contributed by atoms with Crippen LogP contribution in [0, 0.1) is 10.1 Å². The lowest BCUT2D eigenvalue weighted by atomic mass is 9.98. The van der Waals surface area contributed by atoms with E-state index >= 15 is 0 Å². The molecule has 2 aromatic heterocycles. The average Bonchev–Trinajstić information content (AvgIpc) is 3.06. The molecule has 104 valence electrons. The van der Waals surface area contributed by atoms with Gasteiger partial charge in [-0.25, -0.2) is 0 Å². The molecule has 0 unspecified atom stereocenters. The van der Waals surface area contributed by atoms with Crippen molar-refractivity contribution < 1.29 is 18.7 Å². The van der Waals surface area contributed by atoms with Gasteiger partial charge in [0.05, 0.1) is 11.8 Å². The standard InChI is InChI=1S/C12H11N3O5/c16-11(9-5-6-10(19-9)15(17)18)13-12-7-3-1-2-4-8(7)14-20-12/h5-6H,1-4H2,(H,13,16). The van der Waals surface area contributed by atoms with Crippen molar-refractivity contribution in [3.8, 4) is 0 Å². The Bertz CT molecular complexity index is 672. The van der Waals surface area contributed by atoms with Crippen LogP contribution < -0.4 is 5.32 Å². The lowest BCUT2D eigenvalue weighted by molar-refractivity contribution is -0.402. The second kappa shape index (κ2) is 4.80. The first-order valence-corrected chi connectivity index (χ1v) is 6.18. The topological polar surface area (TPSA) is 111 Å². The second-order valence-electron chi connectivity index (χ2n) is 4.49. The van der Waals surface area contributed by atoms with Gasteiger partial charge < -0.3 is 8.94 Å². The van der Waals surface area contributed by atoms with E-state index in [1.807, 2.05) is 0 Å². The third kappa shape index (κ3) is 2.15. The number of rotatable bonds is 3. The Morgan fingerprint density at radius 2 is 2.15 bits per heavy atom. The smallest absolute Gasteiger partial charge is 0.395 e. The number of carbonyl (C=O) groups is 1. The van der Waals surface area contributed by atoms with Gasteiger partial charge in [-0.05, 0) is 31.7 Å². The van der Waals surface area contributed by atoms with Gasteiger partial charge in [-0.2, -0.15) is 0 Å². The van der Waals surface area contributed by atoms with E-state index in [2.05, 4.69) is 10.5 Å². The predicted octanol–water partition coefficient (Wildman–Crippen LogP) is 2.31. The van der Waals surface area contributed by atoms with Crippen molar-refractivity contribution in [2.75, 3.05) is 5.32 Å². The summed E-state index contributed by atoms with van der Waals surface area (Å²) in [5.74, 6) is -0.918. The van der Waals surface area contributed by atoms with E-state index in [9.17, 15) is 14.9 Å². The van der Waals surface area contributed by atoms with Crippen LogP contribution in [0.3, 0.4) is 0 Å². The molecule has 2 heterocycles. The number of hydrogen-bond donors (Lipinski definition) is 1. The number of anilines is 1. The molecule has 0 radical (unpaired) electrons. The summed E-state index contributed by atoms with van der Waals surface area (Å²) in [4.78, 5) is 21.7. The Morgan fingerprint density at radius 1 is 1.35 bits per heavy atom. The Labute approximate surface area is 112 Å². The molecular weight excluding hydrogens is 266 g/mol. The van der Waals surface area contributed by atoms with Crippen LogP contribution in [0.2, 0.25) is 0 Å². The number of nitrogens with zero attached hydrogens (tertiary/aromatic N) is 2. The van der Waals surface area contributed by atoms with Gasteiger partial charge in [0.2, 0.25) is 5.88 Å². The molecule has 0 spiro atoms. The second-order valence-corrected chi connectivity index (χ2v) is 4.49. The van der Waals surface area contributed by atoms with Gasteiger partial charge in [-0.15, -0.1) is 0 Å². The van der Waals surface area contributed by atoms with Crippen LogP contribution in [0.5, 0.6) is 0 Å². The number of aryl methyl sites for hydroxylation is 1. The molecule has 8 heteroatoms. The number of furan rings is 1. The zero-order chi connectivity index (χ0) is 14.1. The van der Waals surface area contributed by atoms with Crippen molar-refractivity contribution in [1.29, 1.82) is 0 Å². The van der Waals surface area contributed by atoms with Crippen LogP contribution in [0.25, 0.3) is 0 Å². The maximum absolute atomic E-state index is 11.9. The minimum Gasteiger partial charge on any atom is -0.395 e. The van der Waals surface area contributed by atoms with E-state index in [4.69, 9.17) is 8.94 Å². The van der Waals surface area contributed by atoms with Crippen molar-refractivity contribution in [3.63, 3.8) is 0 Å². The molecule has 0 aliphatic heterocycles. The molecule has 1 amide bonds. The van der Waals surface area contributed by atoms with Crippen molar-refractivity contribution in [3.05, 3.63) is 39.3 Å². The summed E-state index contributed by atoms with van der Waals surface area (Å²) in [5.41, 5.74) is 1.75. The zero-order valence-electron chi connectivity index (χ0n) is 10.4. The molecule has 3 rings (SSSR count). The highest BCUT2D eigenvalue weighted by Gasteiger charge is 2.23. The lowest BCUT2D eigenvalue weighted by Gasteiger charge is -2.08. The van der Waals surface area contributed by atoms with E-state index in [-0.39, 0.29) is 5.76 Å². The maximum atomic E-state index is 11.9. The van der Waals surface area contributed by atoms with Gasteiger partial charge in [0.15, 0.2) is 5.76 Å². The van der Waals surface area contributed by atoms with Crippen LogP contribution in [-0.4, -0.2) is 16.0 Å². The molecule has 20 heavy (non-hydrogen) atoms. The molecule has 2 aromatic rings. The fourth-order valence-electron chi connectivity index (χ4n) is 2.20. The summed E-state index contributed by atoms with van der Waals surface area (Å²) >= 11 is 0. The largest absolute Gasteiger partial charge is 0.433 e. The molecule has 8 nitrogen and oxygen atoms in total. The Kier molecular flexibility index (Phi) is 2.97. The number of amides is 1. The summed E-state index contributed by atoms with van der Waals surface area (Å²) in [5, 5.41) is 16.9. The molecule has 0 atom stereocenters. The van der Waals surface area contributed by atoms with Crippen LogP contribution in [-0.2, 0) is 12.8 Å². The van der Waals surface area contributed by atoms with Crippen molar-refractivity contribution in [1.82, 2.24) is 5.16 Å². The number of aromatic nitrogens is 1. The molecular formula is C12H11N3O5.